The molecule has 0 aliphatic heterocycles. The zero-order valence-corrected chi connectivity index (χ0v) is 73.7. The van der Waals surface area contributed by atoms with Gasteiger partial charge in [-0.15, -0.1) is 0 Å². The SMILES string of the molecule is CCCCCCCCCCCCCCCCn1cc[n+](Cc2ccccc2)c1.CCCCCC[B-](c1ccc(C)c(Cl)c1)(c1ccc(C)c(Cl)c1)c1ccc(C)c(Cl)c1.CCCCCC[B-](c1ccc(C)c(Cl)c1)(c1ccc(C)c(Cl)c1)c1ccc(C)c(Cl)c1.CCCC[N+](CCCC)(CCCC)CCCC. The molecule has 0 radical (unpaired) electrons. The van der Waals surface area contributed by atoms with Crippen LogP contribution in [-0.2, 0) is 13.1 Å². The van der Waals surface area contributed by atoms with Gasteiger partial charge in [0.15, 0.2) is 0 Å². The molecule has 11 heteroatoms. The first-order valence-electron chi connectivity index (χ1n) is 42.6. The van der Waals surface area contributed by atoms with E-state index in [1.807, 2.05) is 41.5 Å². The summed E-state index contributed by atoms with van der Waals surface area (Å²) in [5.74, 6) is 0. The fourth-order valence-corrected chi connectivity index (χ4v) is 17.1. The normalized spacial score (nSPS) is 11.6. The van der Waals surface area contributed by atoms with E-state index >= 15 is 0 Å². The predicted molar refractivity (Wildman–Crippen MR) is 484 cm³/mol. The van der Waals surface area contributed by atoms with Crippen molar-refractivity contribution in [2.45, 2.75) is 308 Å². The summed E-state index contributed by atoms with van der Waals surface area (Å²) in [4.78, 5) is 0. The van der Waals surface area contributed by atoms with Gasteiger partial charge in [0.1, 0.15) is 18.9 Å². The van der Waals surface area contributed by atoms with Crippen LogP contribution in [0.1, 0.15) is 280 Å². The Balaban J connectivity index is 0.000000261. The molecule has 3 nitrogen and oxygen atoms in total. The van der Waals surface area contributed by atoms with Crippen molar-refractivity contribution < 1.29 is 9.05 Å². The topological polar surface area (TPSA) is 8.81 Å². The quantitative estimate of drug-likeness (QED) is 0.0156. The number of aryl methyl sites for hydroxylation is 7. The second-order valence-corrected chi connectivity index (χ2v) is 34.3. The molecule has 0 spiro atoms. The van der Waals surface area contributed by atoms with E-state index in [0.717, 1.165) is 102 Å². The summed E-state index contributed by atoms with van der Waals surface area (Å²) in [5.41, 5.74) is 15.3. The molecule has 0 atom stereocenters. The Bertz CT molecular complexity index is 3290. The highest BCUT2D eigenvalue weighted by atomic mass is 35.5. The van der Waals surface area contributed by atoms with Gasteiger partial charge in [-0.2, -0.15) is 45.4 Å². The summed E-state index contributed by atoms with van der Waals surface area (Å²) < 4.78 is 6.03. The van der Waals surface area contributed by atoms with Gasteiger partial charge in [-0.1, -0.05) is 412 Å². The van der Waals surface area contributed by atoms with Crippen LogP contribution in [0.4, 0.5) is 0 Å². The third-order valence-corrected chi connectivity index (χ3v) is 25.7. The fraction of sp³-hybridized carbons (Fsp3) is 0.531. The van der Waals surface area contributed by atoms with Crippen LogP contribution in [0.2, 0.25) is 42.8 Å². The number of rotatable bonds is 45. The number of aromatic nitrogens is 2. The molecule has 588 valence electrons. The van der Waals surface area contributed by atoms with Gasteiger partial charge < -0.3 is 4.48 Å². The van der Waals surface area contributed by atoms with Gasteiger partial charge in [0.05, 0.1) is 45.0 Å². The first-order chi connectivity index (χ1) is 51.7. The highest BCUT2D eigenvalue weighted by molar-refractivity contribution is 7.12. The number of nitrogens with zero attached hydrogens (tertiary/aromatic N) is 3. The van der Waals surface area contributed by atoms with Crippen LogP contribution in [0.3, 0.4) is 0 Å². The molecular formula is C96H141B2Cl6N3. The van der Waals surface area contributed by atoms with Crippen molar-refractivity contribution in [3.8, 4) is 0 Å². The average Bonchev–Trinajstić information content (AvgIpc) is 0.824. The van der Waals surface area contributed by atoms with Crippen LogP contribution in [0.5, 0.6) is 0 Å². The predicted octanol–water partition coefficient (Wildman–Crippen LogP) is 27.6. The number of hydrogen-bond acceptors (Lipinski definition) is 0. The van der Waals surface area contributed by atoms with Gasteiger partial charge in [0, 0.05) is 30.1 Å². The minimum atomic E-state index is -1.28. The molecule has 0 amide bonds. The number of halogens is 6. The standard InChI is InChI=1S/2C27H31BCl3.C26H43N2.C16H36N/c2*1-5-6-7-8-15-28(22-12-9-19(2)25(29)16-22,23-13-10-20(3)26(30)17-23)24-14-11-21(4)27(31)18-24;1-2-3-4-5-6-7-8-9-10-11-12-13-14-18-21-27-22-23-28(25-27)24-26-19-16-15-17-20-26;1-5-9-13-17(14-10-6-2,15-11-7-3)16-12-8-4/h2*9-14,16-18H,5-8,15H2,1-4H3;15-17,19-20,22-23,25H,2-14,18,21,24H2,1H3;5-16H2,1-4H3/q2*-1;2*+1. The summed E-state index contributed by atoms with van der Waals surface area (Å²) in [6.07, 6.45) is 46.7. The van der Waals surface area contributed by atoms with Crippen LogP contribution in [0.25, 0.3) is 0 Å². The second-order valence-electron chi connectivity index (χ2n) is 31.9. The molecule has 1 heterocycles. The summed E-state index contributed by atoms with van der Waals surface area (Å²) >= 11 is 39.9. The lowest BCUT2D eigenvalue weighted by atomic mass is 9.14. The fourth-order valence-electron chi connectivity index (χ4n) is 16.0. The first kappa shape index (κ1) is 93.2. The molecule has 0 fully saturated rings. The van der Waals surface area contributed by atoms with Gasteiger partial charge in [-0.3, -0.25) is 0 Å². The van der Waals surface area contributed by atoms with Crippen molar-refractivity contribution >= 4 is 115 Å². The second kappa shape index (κ2) is 52.0. The Morgan fingerprint density at radius 2 is 0.551 bits per heavy atom. The highest BCUT2D eigenvalue weighted by Crippen LogP contribution is 2.29. The zero-order chi connectivity index (χ0) is 77.9. The minimum absolute atomic E-state index is 0.800. The third-order valence-electron chi connectivity index (χ3n) is 23.2. The number of unbranched alkanes of at least 4 members (excludes halogenated alkanes) is 23. The highest BCUT2D eigenvalue weighted by Gasteiger charge is 2.33. The van der Waals surface area contributed by atoms with Crippen LogP contribution >= 0.6 is 69.6 Å². The van der Waals surface area contributed by atoms with E-state index in [4.69, 9.17) is 69.6 Å². The summed E-state index contributed by atoms with van der Waals surface area (Å²) in [7, 11) is 0. The maximum atomic E-state index is 6.65. The van der Waals surface area contributed by atoms with E-state index in [9.17, 15) is 0 Å². The van der Waals surface area contributed by atoms with E-state index in [1.54, 1.807) is 0 Å². The van der Waals surface area contributed by atoms with Gasteiger partial charge in [0.25, 0.3) is 0 Å². The molecule has 0 saturated carbocycles. The van der Waals surface area contributed by atoms with E-state index in [-0.39, 0.29) is 0 Å². The lowest BCUT2D eigenvalue weighted by Crippen LogP contribution is -2.67. The summed E-state index contributed by atoms with van der Waals surface area (Å²) in [5, 5.41) is 4.80. The van der Waals surface area contributed by atoms with Gasteiger partial charge in [-0.05, 0) is 119 Å². The summed E-state index contributed by atoms with van der Waals surface area (Å²) in [6.45, 7) is 36.2. The lowest BCUT2D eigenvalue weighted by Gasteiger charge is -2.44. The van der Waals surface area contributed by atoms with E-state index in [2.05, 4.69) is 216 Å². The largest absolute Gasteiger partial charge is 0.324 e. The molecule has 0 bridgehead atoms. The number of hydrogen-bond donors (Lipinski definition) is 0. The maximum absolute atomic E-state index is 6.65. The monoisotopic (exact) mass is 1570 g/mol. The molecular weight excluding hydrogens is 1430 g/mol. The van der Waals surface area contributed by atoms with Crippen molar-refractivity contribution in [3.63, 3.8) is 0 Å². The molecule has 0 aliphatic carbocycles. The number of benzene rings is 7. The zero-order valence-electron chi connectivity index (χ0n) is 69.1. The Hall–Kier alpha value is -4.42. The molecule has 107 heavy (non-hydrogen) atoms. The van der Waals surface area contributed by atoms with E-state index in [1.165, 1.54) is 249 Å². The van der Waals surface area contributed by atoms with Crippen molar-refractivity contribution in [1.29, 1.82) is 0 Å². The van der Waals surface area contributed by atoms with Crippen LogP contribution in [-0.4, -0.2) is 47.5 Å². The van der Waals surface area contributed by atoms with E-state index in [0.29, 0.717) is 0 Å². The smallest absolute Gasteiger partial charge is 0.244 e. The summed E-state index contributed by atoms with van der Waals surface area (Å²) in [6, 6.07) is 49.8. The van der Waals surface area contributed by atoms with Crippen molar-refractivity contribution in [1.82, 2.24) is 4.57 Å². The lowest BCUT2D eigenvalue weighted by molar-refractivity contribution is -0.929. The molecule has 8 aromatic rings. The molecule has 0 N–H and O–H groups in total. The number of quaternary nitrogens is 1. The van der Waals surface area contributed by atoms with Crippen molar-refractivity contribution in [2.24, 2.45) is 0 Å². The van der Waals surface area contributed by atoms with Crippen LogP contribution in [0.15, 0.2) is 158 Å². The van der Waals surface area contributed by atoms with Gasteiger partial charge >= 0.3 is 0 Å². The van der Waals surface area contributed by atoms with Crippen molar-refractivity contribution in [2.75, 3.05) is 26.2 Å². The molecule has 8 rings (SSSR count). The maximum Gasteiger partial charge on any atom is 0.244 e. The number of imidazole rings is 1. The Morgan fingerprint density at radius 1 is 0.299 bits per heavy atom. The van der Waals surface area contributed by atoms with Crippen molar-refractivity contribution in [3.05, 3.63) is 227 Å². The molecule has 0 unspecified atom stereocenters. The molecule has 0 saturated heterocycles. The Kier molecular flexibility index (Phi) is 45.3. The first-order valence-corrected chi connectivity index (χ1v) is 44.9. The van der Waals surface area contributed by atoms with Gasteiger partial charge in [-0.25, -0.2) is 9.13 Å². The van der Waals surface area contributed by atoms with Crippen LogP contribution < -0.4 is 37.3 Å². The van der Waals surface area contributed by atoms with E-state index < -0.39 is 12.3 Å². The van der Waals surface area contributed by atoms with Crippen LogP contribution in [0, 0.1) is 41.5 Å². The molecule has 0 aliphatic rings. The van der Waals surface area contributed by atoms with Gasteiger partial charge in [0.2, 0.25) is 6.33 Å². The third kappa shape index (κ3) is 30.9. The molecule has 7 aromatic carbocycles. The minimum Gasteiger partial charge on any atom is -0.324 e. The average molecular weight is 1570 g/mol. The molecule has 1 aromatic heterocycles. The Labute approximate surface area is 684 Å². The Morgan fingerprint density at radius 3 is 0.813 bits per heavy atom.